The van der Waals surface area contributed by atoms with Crippen LogP contribution < -0.4 is 0 Å². The summed E-state index contributed by atoms with van der Waals surface area (Å²) in [5.74, 6) is 0.489. The van der Waals surface area contributed by atoms with Crippen molar-refractivity contribution in [1.29, 1.82) is 0 Å². The van der Waals surface area contributed by atoms with Gasteiger partial charge in [-0.05, 0) is 23.6 Å². The number of nitrogens with zero attached hydrogens (tertiary/aromatic N) is 1. The van der Waals surface area contributed by atoms with E-state index in [1.807, 2.05) is 11.6 Å². The minimum absolute atomic E-state index is 0.489. The lowest BCUT2D eigenvalue weighted by molar-refractivity contribution is 0.769. The molecule has 0 radical (unpaired) electrons. The molecular weight excluding hydrogens is 350 g/mol. The Morgan fingerprint density at radius 2 is 2.25 bits per heavy atom. The summed E-state index contributed by atoms with van der Waals surface area (Å²) in [5.41, 5.74) is 1.35. The van der Waals surface area contributed by atoms with Gasteiger partial charge in [-0.3, -0.25) is 0 Å². The third kappa shape index (κ3) is 3.15. The van der Waals surface area contributed by atoms with Gasteiger partial charge in [0.1, 0.15) is 0 Å². The molecule has 84 valence electrons. The Bertz CT molecular complexity index is 442. The van der Waals surface area contributed by atoms with Crippen LogP contribution in [0.25, 0.3) is 0 Å². The molecule has 2 aromatic rings. The molecule has 0 spiro atoms. The van der Waals surface area contributed by atoms with E-state index < -0.39 is 0 Å². The highest BCUT2D eigenvalue weighted by molar-refractivity contribution is 9.10. The number of hydrogen-bond acceptors (Lipinski definition) is 2. The average Bonchev–Trinajstić information content (AvgIpc) is 2.78. The van der Waals surface area contributed by atoms with Crippen molar-refractivity contribution in [2.24, 2.45) is 0 Å². The summed E-state index contributed by atoms with van der Waals surface area (Å²) in [7, 11) is 0. The van der Waals surface area contributed by atoms with Gasteiger partial charge in [0.25, 0.3) is 0 Å². The first-order valence-electron chi connectivity index (χ1n) is 4.99. The maximum Gasteiger partial charge on any atom is 0.0931 e. The summed E-state index contributed by atoms with van der Waals surface area (Å²) in [6, 6.07) is 8.49. The molecule has 0 aliphatic heterocycles. The molecule has 1 unspecified atom stereocenters. The van der Waals surface area contributed by atoms with E-state index in [4.69, 9.17) is 0 Å². The lowest BCUT2D eigenvalue weighted by Gasteiger charge is -2.13. The maximum absolute atomic E-state index is 4.34. The fourth-order valence-corrected chi connectivity index (χ4v) is 3.30. The maximum atomic E-state index is 4.34. The van der Waals surface area contributed by atoms with Gasteiger partial charge in [-0.2, -0.15) is 0 Å². The quantitative estimate of drug-likeness (QED) is 0.724. The number of rotatable bonds is 4. The highest BCUT2D eigenvalue weighted by Gasteiger charge is 2.12. The zero-order valence-electron chi connectivity index (χ0n) is 8.57. The lowest BCUT2D eigenvalue weighted by atomic mass is 9.98. The van der Waals surface area contributed by atoms with Crippen LogP contribution in [-0.2, 0) is 6.42 Å². The van der Waals surface area contributed by atoms with Crippen molar-refractivity contribution in [3.8, 4) is 0 Å². The summed E-state index contributed by atoms with van der Waals surface area (Å²) in [6.45, 7) is 0. The van der Waals surface area contributed by atoms with Gasteiger partial charge in [0.2, 0.25) is 0 Å². The number of aromatic nitrogens is 1. The number of alkyl halides is 1. The zero-order chi connectivity index (χ0) is 11.4. The monoisotopic (exact) mass is 359 g/mol. The Kier molecular flexibility index (Phi) is 4.55. The van der Waals surface area contributed by atoms with Gasteiger partial charge in [0.15, 0.2) is 0 Å². The van der Waals surface area contributed by atoms with Crippen LogP contribution in [0.5, 0.6) is 0 Å². The summed E-state index contributed by atoms with van der Waals surface area (Å²) in [5, 5.41) is 4.19. The Balaban J connectivity index is 2.16. The van der Waals surface area contributed by atoms with E-state index in [0.717, 1.165) is 16.2 Å². The summed E-state index contributed by atoms with van der Waals surface area (Å²) < 4.78 is 1.13. The van der Waals surface area contributed by atoms with Gasteiger partial charge < -0.3 is 0 Å². The molecule has 0 N–H and O–H groups in total. The fourth-order valence-electron chi connectivity index (χ4n) is 1.59. The minimum atomic E-state index is 0.489. The Morgan fingerprint density at radius 1 is 1.38 bits per heavy atom. The van der Waals surface area contributed by atoms with Crippen LogP contribution in [0.4, 0.5) is 0 Å². The second-order valence-electron chi connectivity index (χ2n) is 3.54. The van der Waals surface area contributed by atoms with E-state index in [1.165, 1.54) is 10.6 Å². The van der Waals surface area contributed by atoms with Crippen molar-refractivity contribution >= 4 is 43.2 Å². The second kappa shape index (κ2) is 5.94. The largest absolute Gasteiger partial charge is 0.250 e. The number of thiazole rings is 1. The lowest BCUT2D eigenvalue weighted by Crippen LogP contribution is -2.04. The van der Waals surface area contributed by atoms with Crippen LogP contribution in [0.2, 0.25) is 0 Å². The highest BCUT2D eigenvalue weighted by Crippen LogP contribution is 2.26. The molecule has 1 aromatic carbocycles. The molecule has 0 aliphatic rings. The number of halogens is 2. The number of benzene rings is 1. The average molecular weight is 361 g/mol. The first-order chi connectivity index (χ1) is 7.79. The van der Waals surface area contributed by atoms with Gasteiger partial charge in [-0.15, -0.1) is 11.3 Å². The van der Waals surface area contributed by atoms with E-state index in [9.17, 15) is 0 Å². The van der Waals surface area contributed by atoms with Crippen LogP contribution in [0.15, 0.2) is 40.3 Å². The molecule has 0 saturated heterocycles. The third-order valence-corrected chi connectivity index (χ3v) is 4.49. The van der Waals surface area contributed by atoms with Crippen LogP contribution >= 0.6 is 43.2 Å². The molecule has 0 saturated carbocycles. The van der Waals surface area contributed by atoms with Crippen molar-refractivity contribution in [2.45, 2.75) is 12.3 Å². The molecule has 0 amide bonds. The van der Waals surface area contributed by atoms with E-state index in [2.05, 4.69) is 61.1 Å². The van der Waals surface area contributed by atoms with Gasteiger partial charge >= 0.3 is 0 Å². The van der Waals surface area contributed by atoms with E-state index in [-0.39, 0.29) is 0 Å². The van der Waals surface area contributed by atoms with E-state index in [0.29, 0.717) is 5.92 Å². The smallest absolute Gasteiger partial charge is 0.0931 e. The summed E-state index contributed by atoms with van der Waals surface area (Å²) in [6.07, 6.45) is 2.87. The first kappa shape index (κ1) is 12.3. The van der Waals surface area contributed by atoms with Crippen LogP contribution in [0, 0.1) is 0 Å². The molecule has 1 heterocycles. The van der Waals surface area contributed by atoms with Crippen molar-refractivity contribution in [3.05, 3.63) is 50.9 Å². The predicted molar refractivity (Wildman–Crippen MR) is 76.5 cm³/mol. The van der Waals surface area contributed by atoms with Gasteiger partial charge in [-0.1, -0.05) is 44.0 Å². The summed E-state index contributed by atoms with van der Waals surface area (Å²) >= 11 is 8.82. The first-order valence-corrected chi connectivity index (χ1v) is 7.79. The normalized spacial score (nSPS) is 12.6. The SMILES string of the molecule is BrCC(Cc1nccs1)c1cccc(Br)c1. The molecule has 0 aliphatic carbocycles. The standard InChI is InChI=1S/C12H11Br2NS/c13-8-10(7-12-15-4-5-16-12)9-2-1-3-11(14)6-9/h1-6,10H,7-8H2. The fraction of sp³-hybridized carbons (Fsp3) is 0.250. The van der Waals surface area contributed by atoms with Crippen LogP contribution in [-0.4, -0.2) is 10.3 Å². The third-order valence-electron chi connectivity index (χ3n) is 2.41. The number of hydrogen-bond donors (Lipinski definition) is 0. The highest BCUT2D eigenvalue weighted by atomic mass is 79.9. The van der Waals surface area contributed by atoms with E-state index >= 15 is 0 Å². The van der Waals surface area contributed by atoms with Crippen LogP contribution in [0.3, 0.4) is 0 Å². The molecule has 1 aromatic heterocycles. The Morgan fingerprint density at radius 3 is 2.88 bits per heavy atom. The Hall–Kier alpha value is -0.190. The minimum Gasteiger partial charge on any atom is -0.250 e. The molecule has 4 heteroatoms. The van der Waals surface area contributed by atoms with Crippen molar-refractivity contribution in [3.63, 3.8) is 0 Å². The zero-order valence-corrected chi connectivity index (χ0v) is 12.6. The molecule has 1 atom stereocenters. The van der Waals surface area contributed by atoms with E-state index in [1.54, 1.807) is 11.3 Å². The van der Waals surface area contributed by atoms with Gasteiger partial charge in [0, 0.05) is 27.8 Å². The molecule has 0 bridgehead atoms. The predicted octanol–water partition coefficient (Wildman–Crippen LogP) is 4.63. The van der Waals surface area contributed by atoms with Crippen LogP contribution in [0.1, 0.15) is 16.5 Å². The second-order valence-corrected chi connectivity index (χ2v) is 6.08. The van der Waals surface area contributed by atoms with Gasteiger partial charge in [-0.25, -0.2) is 4.98 Å². The summed E-state index contributed by atoms with van der Waals surface area (Å²) in [4.78, 5) is 4.34. The topological polar surface area (TPSA) is 12.9 Å². The van der Waals surface area contributed by atoms with Gasteiger partial charge in [0.05, 0.1) is 5.01 Å². The molecule has 1 nitrogen and oxygen atoms in total. The Labute approximate surface area is 116 Å². The van der Waals surface area contributed by atoms with Crippen molar-refractivity contribution in [2.75, 3.05) is 5.33 Å². The molecule has 0 fully saturated rings. The van der Waals surface area contributed by atoms with Crippen molar-refractivity contribution < 1.29 is 0 Å². The molecule has 16 heavy (non-hydrogen) atoms. The van der Waals surface area contributed by atoms with Crippen molar-refractivity contribution in [1.82, 2.24) is 4.98 Å². The molecule has 2 rings (SSSR count). The molecular formula is C12H11Br2NS.